The Morgan fingerprint density at radius 3 is 2.64 bits per heavy atom. The second-order valence-electron chi connectivity index (χ2n) is 2.32. The maximum atomic E-state index is 11.0. The molecule has 66 valence electrons. The molecule has 0 heterocycles. The molecular formula is C7H16N2O2. The predicted octanol–water partition coefficient (Wildman–Crippen LogP) is 0.135. The quantitative estimate of drug-likeness (QED) is 0.459. The maximum absolute atomic E-state index is 11.0. The molecule has 0 atom stereocenters. The normalized spacial score (nSPS) is 9.73. The standard InChI is InChI=1S/C7H16N2O2/c1-9(11-2)7(10)5-3-4-6-8/h3-6,8H2,1-2H3. The summed E-state index contributed by atoms with van der Waals surface area (Å²) in [5, 5.41) is 1.23. The van der Waals surface area contributed by atoms with Gasteiger partial charge in [-0.1, -0.05) is 0 Å². The smallest absolute Gasteiger partial charge is 0.245 e. The second-order valence-corrected chi connectivity index (χ2v) is 2.32. The first-order valence-corrected chi connectivity index (χ1v) is 3.73. The minimum atomic E-state index is 0.000880. The van der Waals surface area contributed by atoms with Crippen LogP contribution in [0.3, 0.4) is 0 Å². The molecule has 0 fully saturated rings. The zero-order valence-corrected chi connectivity index (χ0v) is 7.17. The van der Waals surface area contributed by atoms with E-state index in [4.69, 9.17) is 10.6 Å². The van der Waals surface area contributed by atoms with Gasteiger partial charge in [-0.15, -0.1) is 0 Å². The Morgan fingerprint density at radius 2 is 2.18 bits per heavy atom. The number of rotatable bonds is 5. The van der Waals surface area contributed by atoms with Gasteiger partial charge in [0.1, 0.15) is 0 Å². The van der Waals surface area contributed by atoms with E-state index >= 15 is 0 Å². The van der Waals surface area contributed by atoms with Gasteiger partial charge in [0.05, 0.1) is 7.11 Å². The van der Waals surface area contributed by atoms with Crippen molar-refractivity contribution < 1.29 is 9.63 Å². The Hall–Kier alpha value is -0.610. The minimum Gasteiger partial charge on any atom is -0.330 e. The van der Waals surface area contributed by atoms with Crippen LogP contribution in [0.4, 0.5) is 0 Å². The van der Waals surface area contributed by atoms with E-state index in [0.29, 0.717) is 13.0 Å². The van der Waals surface area contributed by atoms with Crippen LogP contribution >= 0.6 is 0 Å². The predicted molar refractivity (Wildman–Crippen MR) is 42.7 cm³/mol. The van der Waals surface area contributed by atoms with E-state index in [2.05, 4.69) is 0 Å². The van der Waals surface area contributed by atoms with Crippen LogP contribution in [0.2, 0.25) is 0 Å². The Kier molecular flexibility index (Phi) is 5.78. The molecule has 0 aromatic heterocycles. The molecule has 0 saturated carbocycles. The third-order valence-electron chi connectivity index (χ3n) is 1.47. The van der Waals surface area contributed by atoms with Gasteiger partial charge >= 0.3 is 0 Å². The highest BCUT2D eigenvalue weighted by atomic mass is 16.7. The molecule has 11 heavy (non-hydrogen) atoms. The lowest BCUT2D eigenvalue weighted by atomic mass is 10.2. The molecular weight excluding hydrogens is 144 g/mol. The van der Waals surface area contributed by atoms with Crippen molar-refractivity contribution >= 4 is 5.91 Å². The fraction of sp³-hybridized carbons (Fsp3) is 0.857. The lowest BCUT2D eigenvalue weighted by Crippen LogP contribution is -2.25. The molecule has 0 aliphatic rings. The van der Waals surface area contributed by atoms with Gasteiger partial charge in [-0.3, -0.25) is 9.63 Å². The SMILES string of the molecule is CON(C)C(=O)CCCCN. The number of hydrogen-bond donors (Lipinski definition) is 1. The largest absolute Gasteiger partial charge is 0.330 e. The molecule has 0 bridgehead atoms. The molecule has 0 aromatic carbocycles. The van der Waals surface area contributed by atoms with E-state index in [9.17, 15) is 4.79 Å². The molecule has 0 aromatic rings. The van der Waals surface area contributed by atoms with Crippen LogP contribution < -0.4 is 5.73 Å². The van der Waals surface area contributed by atoms with E-state index in [1.165, 1.54) is 12.2 Å². The Morgan fingerprint density at radius 1 is 1.55 bits per heavy atom. The van der Waals surface area contributed by atoms with E-state index in [0.717, 1.165) is 12.8 Å². The van der Waals surface area contributed by atoms with Crippen LogP contribution in [0.15, 0.2) is 0 Å². The number of unbranched alkanes of at least 4 members (excludes halogenated alkanes) is 1. The first-order chi connectivity index (χ1) is 5.22. The van der Waals surface area contributed by atoms with Gasteiger partial charge in [0.2, 0.25) is 5.91 Å². The van der Waals surface area contributed by atoms with E-state index in [1.807, 2.05) is 0 Å². The van der Waals surface area contributed by atoms with Gasteiger partial charge in [0.25, 0.3) is 0 Å². The summed E-state index contributed by atoms with van der Waals surface area (Å²) >= 11 is 0. The van der Waals surface area contributed by atoms with E-state index in [-0.39, 0.29) is 5.91 Å². The van der Waals surface area contributed by atoms with Crippen molar-refractivity contribution in [3.8, 4) is 0 Å². The second kappa shape index (κ2) is 6.12. The number of nitrogens with zero attached hydrogens (tertiary/aromatic N) is 1. The van der Waals surface area contributed by atoms with E-state index in [1.54, 1.807) is 7.05 Å². The third kappa shape index (κ3) is 4.75. The van der Waals surface area contributed by atoms with Gasteiger partial charge < -0.3 is 5.73 Å². The summed E-state index contributed by atoms with van der Waals surface area (Å²) in [5.74, 6) is 0.000880. The Labute approximate surface area is 67.3 Å². The number of amides is 1. The molecule has 0 rings (SSSR count). The fourth-order valence-electron chi connectivity index (χ4n) is 0.680. The fourth-order valence-corrected chi connectivity index (χ4v) is 0.680. The van der Waals surface area contributed by atoms with Crippen molar-refractivity contribution in [2.45, 2.75) is 19.3 Å². The highest BCUT2D eigenvalue weighted by Crippen LogP contribution is 1.97. The van der Waals surface area contributed by atoms with Crippen LogP contribution in [-0.4, -0.2) is 31.7 Å². The molecule has 0 radical (unpaired) electrons. The number of carbonyl (C=O) groups is 1. The summed E-state index contributed by atoms with van der Waals surface area (Å²) in [6.07, 6.45) is 2.24. The number of hydroxylamine groups is 2. The first-order valence-electron chi connectivity index (χ1n) is 3.73. The Balaban J connectivity index is 3.36. The molecule has 2 N–H and O–H groups in total. The molecule has 0 spiro atoms. The van der Waals surface area contributed by atoms with E-state index < -0.39 is 0 Å². The van der Waals surface area contributed by atoms with Crippen molar-refractivity contribution in [2.24, 2.45) is 5.73 Å². The lowest BCUT2D eigenvalue weighted by molar-refractivity contribution is -0.168. The van der Waals surface area contributed by atoms with Crippen molar-refractivity contribution in [3.63, 3.8) is 0 Å². The third-order valence-corrected chi connectivity index (χ3v) is 1.47. The maximum Gasteiger partial charge on any atom is 0.245 e. The molecule has 0 aliphatic carbocycles. The van der Waals surface area contributed by atoms with Gasteiger partial charge in [0, 0.05) is 13.5 Å². The minimum absolute atomic E-state index is 0.000880. The van der Waals surface area contributed by atoms with Crippen molar-refractivity contribution in [1.82, 2.24) is 5.06 Å². The van der Waals surface area contributed by atoms with Gasteiger partial charge in [-0.05, 0) is 19.4 Å². The summed E-state index contributed by atoms with van der Waals surface area (Å²) in [5.41, 5.74) is 5.27. The average molecular weight is 160 g/mol. The lowest BCUT2D eigenvalue weighted by Gasteiger charge is -2.12. The topological polar surface area (TPSA) is 55.6 Å². The highest BCUT2D eigenvalue weighted by molar-refractivity contribution is 5.74. The summed E-state index contributed by atoms with van der Waals surface area (Å²) in [6, 6.07) is 0. The van der Waals surface area contributed by atoms with Gasteiger partial charge in [-0.2, -0.15) is 0 Å². The highest BCUT2D eigenvalue weighted by Gasteiger charge is 2.05. The summed E-state index contributed by atoms with van der Waals surface area (Å²) in [6.45, 7) is 0.643. The Bertz CT molecular complexity index is 117. The van der Waals surface area contributed by atoms with Crippen molar-refractivity contribution in [2.75, 3.05) is 20.7 Å². The molecule has 1 amide bonds. The van der Waals surface area contributed by atoms with Crippen LogP contribution in [0, 0.1) is 0 Å². The molecule has 4 heteroatoms. The zero-order chi connectivity index (χ0) is 8.69. The van der Waals surface area contributed by atoms with Crippen LogP contribution in [-0.2, 0) is 9.63 Å². The van der Waals surface area contributed by atoms with Crippen LogP contribution in [0.1, 0.15) is 19.3 Å². The average Bonchev–Trinajstić information content (AvgIpc) is 2.03. The van der Waals surface area contributed by atoms with Crippen LogP contribution in [0.25, 0.3) is 0 Å². The summed E-state index contributed by atoms with van der Waals surface area (Å²) in [4.78, 5) is 15.7. The summed E-state index contributed by atoms with van der Waals surface area (Å²) < 4.78 is 0. The van der Waals surface area contributed by atoms with Gasteiger partial charge in [0.15, 0.2) is 0 Å². The van der Waals surface area contributed by atoms with Crippen LogP contribution in [0.5, 0.6) is 0 Å². The van der Waals surface area contributed by atoms with Crippen molar-refractivity contribution in [1.29, 1.82) is 0 Å². The molecule has 4 nitrogen and oxygen atoms in total. The number of hydrogen-bond acceptors (Lipinski definition) is 3. The number of nitrogens with two attached hydrogens (primary N) is 1. The van der Waals surface area contributed by atoms with Crippen molar-refractivity contribution in [3.05, 3.63) is 0 Å². The molecule has 0 unspecified atom stereocenters. The molecule has 0 aliphatic heterocycles. The number of carbonyl (C=O) groups excluding carboxylic acids is 1. The van der Waals surface area contributed by atoms with Gasteiger partial charge in [-0.25, -0.2) is 5.06 Å². The summed E-state index contributed by atoms with van der Waals surface area (Å²) in [7, 11) is 3.08. The zero-order valence-electron chi connectivity index (χ0n) is 7.17. The molecule has 0 saturated heterocycles. The first kappa shape index (κ1) is 10.4. The monoisotopic (exact) mass is 160 g/mol.